The first-order chi connectivity index (χ1) is 7.11. The average molecular weight is 205 g/mol. The lowest BCUT2D eigenvalue weighted by atomic mass is 9.91. The van der Waals surface area contributed by atoms with Gasteiger partial charge in [0.25, 0.3) is 0 Å². The van der Waals surface area contributed by atoms with Crippen molar-refractivity contribution >= 4 is 5.78 Å². The second-order valence-electron chi connectivity index (χ2n) is 4.80. The monoisotopic (exact) mass is 205 g/mol. The summed E-state index contributed by atoms with van der Waals surface area (Å²) >= 11 is 0. The van der Waals surface area contributed by atoms with Crippen LogP contribution in [0.5, 0.6) is 0 Å². The van der Waals surface area contributed by atoms with Gasteiger partial charge in [0.2, 0.25) is 0 Å². The van der Waals surface area contributed by atoms with Gasteiger partial charge in [-0.1, -0.05) is 13.8 Å². The highest BCUT2D eigenvalue weighted by molar-refractivity contribution is 5.99. The standard InChI is InChI=1S/C13H19NO/c1-9(2)13(15)11-8-14(3)12-7-5-4-6-10(11)12/h8-9H,4-7H2,1-3H3. The van der Waals surface area contributed by atoms with E-state index in [1.807, 2.05) is 20.0 Å². The third kappa shape index (κ3) is 1.73. The smallest absolute Gasteiger partial charge is 0.167 e. The maximum absolute atomic E-state index is 12.0. The number of hydrogen-bond donors (Lipinski definition) is 0. The summed E-state index contributed by atoms with van der Waals surface area (Å²) in [7, 11) is 2.06. The Kier molecular flexibility index (Phi) is 2.68. The van der Waals surface area contributed by atoms with Gasteiger partial charge in [0.1, 0.15) is 0 Å². The van der Waals surface area contributed by atoms with E-state index >= 15 is 0 Å². The van der Waals surface area contributed by atoms with Gasteiger partial charge in [-0.3, -0.25) is 4.79 Å². The Morgan fingerprint density at radius 2 is 2.00 bits per heavy atom. The number of aromatic nitrogens is 1. The highest BCUT2D eigenvalue weighted by atomic mass is 16.1. The van der Waals surface area contributed by atoms with Gasteiger partial charge in [-0.15, -0.1) is 0 Å². The Labute approximate surface area is 91.3 Å². The minimum atomic E-state index is 0.110. The van der Waals surface area contributed by atoms with E-state index < -0.39 is 0 Å². The van der Waals surface area contributed by atoms with E-state index in [9.17, 15) is 4.79 Å². The highest BCUT2D eigenvalue weighted by Crippen LogP contribution is 2.27. The first-order valence-electron chi connectivity index (χ1n) is 5.82. The topological polar surface area (TPSA) is 22.0 Å². The molecule has 0 bridgehead atoms. The number of hydrogen-bond acceptors (Lipinski definition) is 1. The molecule has 0 saturated heterocycles. The summed E-state index contributed by atoms with van der Waals surface area (Å²) in [6.07, 6.45) is 6.75. The van der Waals surface area contributed by atoms with Crippen LogP contribution in [0.25, 0.3) is 0 Å². The first-order valence-corrected chi connectivity index (χ1v) is 5.82. The molecule has 2 rings (SSSR count). The van der Waals surface area contributed by atoms with Crippen molar-refractivity contribution in [1.29, 1.82) is 0 Å². The maximum Gasteiger partial charge on any atom is 0.167 e. The fourth-order valence-electron chi connectivity index (χ4n) is 2.44. The Balaban J connectivity index is 2.44. The fourth-order valence-corrected chi connectivity index (χ4v) is 2.44. The zero-order valence-electron chi connectivity index (χ0n) is 9.84. The predicted molar refractivity (Wildman–Crippen MR) is 61.2 cm³/mol. The van der Waals surface area contributed by atoms with Gasteiger partial charge < -0.3 is 4.57 Å². The van der Waals surface area contributed by atoms with Crippen molar-refractivity contribution in [1.82, 2.24) is 4.57 Å². The number of ketones is 1. The van der Waals surface area contributed by atoms with Crippen LogP contribution in [-0.4, -0.2) is 10.4 Å². The number of carbonyl (C=O) groups is 1. The van der Waals surface area contributed by atoms with Crippen molar-refractivity contribution in [3.05, 3.63) is 23.0 Å². The Hall–Kier alpha value is -1.05. The van der Waals surface area contributed by atoms with Crippen LogP contribution >= 0.6 is 0 Å². The van der Waals surface area contributed by atoms with Crippen LogP contribution in [0, 0.1) is 5.92 Å². The maximum atomic E-state index is 12.0. The van der Waals surface area contributed by atoms with E-state index in [1.165, 1.54) is 24.1 Å². The molecular formula is C13H19NO. The minimum absolute atomic E-state index is 0.110. The number of fused-ring (bicyclic) bond motifs is 1. The van der Waals surface area contributed by atoms with Gasteiger partial charge in [0.15, 0.2) is 5.78 Å². The largest absolute Gasteiger partial charge is 0.353 e. The van der Waals surface area contributed by atoms with Gasteiger partial charge in [0, 0.05) is 30.4 Å². The molecule has 1 heterocycles. The van der Waals surface area contributed by atoms with Crippen LogP contribution in [0.15, 0.2) is 6.20 Å². The van der Waals surface area contributed by atoms with Gasteiger partial charge in [0.05, 0.1) is 0 Å². The molecule has 2 heteroatoms. The zero-order valence-corrected chi connectivity index (χ0v) is 9.84. The number of carbonyl (C=O) groups excluding carboxylic acids is 1. The number of Topliss-reactive ketones (excluding diaryl/α,β-unsaturated/α-hetero) is 1. The van der Waals surface area contributed by atoms with Crippen molar-refractivity contribution in [2.24, 2.45) is 13.0 Å². The normalized spacial score (nSPS) is 15.5. The lowest BCUT2D eigenvalue weighted by Gasteiger charge is -2.14. The SMILES string of the molecule is CC(C)C(=O)c1cn(C)c2c1CCCC2. The molecule has 0 amide bonds. The van der Waals surface area contributed by atoms with Gasteiger partial charge in [-0.2, -0.15) is 0 Å². The molecule has 0 unspecified atom stereocenters. The summed E-state index contributed by atoms with van der Waals surface area (Å²) in [5.41, 5.74) is 3.68. The molecule has 0 fully saturated rings. The van der Waals surface area contributed by atoms with Crippen LogP contribution in [0.4, 0.5) is 0 Å². The van der Waals surface area contributed by atoms with E-state index in [4.69, 9.17) is 0 Å². The van der Waals surface area contributed by atoms with Crippen LogP contribution in [0.2, 0.25) is 0 Å². The average Bonchev–Trinajstić information content (AvgIpc) is 2.56. The molecule has 1 aliphatic carbocycles. The Morgan fingerprint density at radius 1 is 1.33 bits per heavy atom. The quantitative estimate of drug-likeness (QED) is 0.680. The summed E-state index contributed by atoms with van der Waals surface area (Å²) < 4.78 is 2.14. The van der Waals surface area contributed by atoms with Gasteiger partial charge >= 0.3 is 0 Å². The molecule has 1 aromatic heterocycles. The Bertz CT molecular complexity index is 387. The third-order valence-electron chi connectivity index (χ3n) is 3.30. The van der Waals surface area contributed by atoms with E-state index in [2.05, 4.69) is 11.6 Å². The molecule has 82 valence electrons. The minimum Gasteiger partial charge on any atom is -0.353 e. The fraction of sp³-hybridized carbons (Fsp3) is 0.615. The molecule has 1 aromatic rings. The van der Waals surface area contributed by atoms with Gasteiger partial charge in [-0.25, -0.2) is 0 Å². The summed E-state index contributed by atoms with van der Waals surface area (Å²) in [4.78, 5) is 12.0. The van der Waals surface area contributed by atoms with Crippen LogP contribution in [-0.2, 0) is 19.9 Å². The number of nitrogens with zero attached hydrogens (tertiary/aromatic N) is 1. The second-order valence-corrected chi connectivity index (χ2v) is 4.80. The third-order valence-corrected chi connectivity index (χ3v) is 3.30. The van der Waals surface area contributed by atoms with Crippen molar-refractivity contribution in [3.8, 4) is 0 Å². The molecule has 0 aromatic carbocycles. The summed E-state index contributed by atoms with van der Waals surface area (Å²) in [6, 6.07) is 0. The molecule has 15 heavy (non-hydrogen) atoms. The van der Waals surface area contributed by atoms with E-state index in [0.717, 1.165) is 18.4 Å². The predicted octanol–water partition coefficient (Wildman–Crippen LogP) is 2.74. The summed E-state index contributed by atoms with van der Waals surface area (Å²) in [5, 5.41) is 0. The van der Waals surface area contributed by atoms with E-state index in [-0.39, 0.29) is 5.92 Å². The molecule has 1 aliphatic rings. The zero-order chi connectivity index (χ0) is 11.0. The van der Waals surface area contributed by atoms with E-state index in [1.54, 1.807) is 0 Å². The van der Waals surface area contributed by atoms with Crippen molar-refractivity contribution in [2.45, 2.75) is 39.5 Å². The Morgan fingerprint density at radius 3 is 2.67 bits per heavy atom. The van der Waals surface area contributed by atoms with Crippen molar-refractivity contribution in [3.63, 3.8) is 0 Å². The molecule has 0 saturated carbocycles. The van der Waals surface area contributed by atoms with Gasteiger partial charge in [-0.05, 0) is 31.2 Å². The number of rotatable bonds is 2. The highest BCUT2D eigenvalue weighted by Gasteiger charge is 2.22. The molecular weight excluding hydrogens is 186 g/mol. The summed E-state index contributed by atoms with van der Waals surface area (Å²) in [6.45, 7) is 3.95. The molecule has 0 radical (unpaired) electrons. The van der Waals surface area contributed by atoms with Crippen LogP contribution in [0.1, 0.15) is 48.3 Å². The van der Waals surface area contributed by atoms with Crippen molar-refractivity contribution < 1.29 is 4.79 Å². The lowest BCUT2D eigenvalue weighted by Crippen LogP contribution is -2.11. The van der Waals surface area contributed by atoms with E-state index in [0.29, 0.717) is 5.78 Å². The first kappa shape index (κ1) is 10.5. The van der Waals surface area contributed by atoms with Crippen molar-refractivity contribution in [2.75, 3.05) is 0 Å². The molecule has 0 aliphatic heterocycles. The lowest BCUT2D eigenvalue weighted by molar-refractivity contribution is 0.0938. The molecule has 0 N–H and O–H groups in total. The molecule has 2 nitrogen and oxygen atoms in total. The molecule has 0 spiro atoms. The second kappa shape index (κ2) is 3.84. The molecule has 0 atom stereocenters. The number of aryl methyl sites for hydroxylation is 1. The van der Waals surface area contributed by atoms with Crippen LogP contribution < -0.4 is 0 Å². The van der Waals surface area contributed by atoms with Crippen LogP contribution in [0.3, 0.4) is 0 Å². The summed E-state index contributed by atoms with van der Waals surface area (Å²) in [5.74, 6) is 0.409.